The molecule has 0 aliphatic heterocycles. The van der Waals surface area contributed by atoms with Gasteiger partial charge in [-0.15, -0.1) is 0 Å². The van der Waals surface area contributed by atoms with Crippen molar-refractivity contribution in [2.45, 2.75) is 58.5 Å². The highest BCUT2D eigenvalue weighted by molar-refractivity contribution is 5.37. The number of nitrogens with one attached hydrogen (secondary N) is 1. The van der Waals surface area contributed by atoms with Gasteiger partial charge in [-0.2, -0.15) is 0 Å². The number of aromatic amines is 1. The maximum atomic E-state index is 12.1. The molecule has 1 atom stereocenters. The Morgan fingerprint density at radius 1 is 1.35 bits per heavy atom. The number of nitrogen functional groups attached to an aromatic ring is 1. The summed E-state index contributed by atoms with van der Waals surface area (Å²) in [4.78, 5) is 19.3. The molecule has 2 rings (SSSR count). The summed E-state index contributed by atoms with van der Waals surface area (Å²) in [7, 11) is 0. The van der Waals surface area contributed by atoms with Crippen LogP contribution < -0.4 is 11.3 Å². The number of anilines is 1. The van der Waals surface area contributed by atoms with Crippen LogP contribution >= 0.6 is 0 Å². The summed E-state index contributed by atoms with van der Waals surface area (Å²) >= 11 is 0. The summed E-state index contributed by atoms with van der Waals surface area (Å²) in [5.41, 5.74) is 6.34. The Kier molecular flexibility index (Phi) is 5.17. The number of H-pyrrole nitrogens is 1. The summed E-state index contributed by atoms with van der Waals surface area (Å²) in [6.45, 7) is 4.49. The Morgan fingerprint density at radius 3 is 2.60 bits per heavy atom. The van der Waals surface area contributed by atoms with Gasteiger partial charge in [0.25, 0.3) is 5.56 Å². The Labute approximate surface area is 119 Å². The Balaban J connectivity index is 2.31. The van der Waals surface area contributed by atoms with E-state index >= 15 is 0 Å². The van der Waals surface area contributed by atoms with E-state index in [0.717, 1.165) is 12.8 Å². The third-order valence-corrected chi connectivity index (χ3v) is 4.11. The third-order valence-electron chi connectivity index (χ3n) is 4.11. The molecule has 1 heterocycles. The number of nitrogens with zero attached hydrogens (tertiary/aromatic N) is 1. The summed E-state index contributed by atoms with van der Waals surface area (Å²) in [6.07, 6.45) is 6.45. The van der Waals surface area contributed by atoms with Crippen LogP contribution in [0.2, 0.25) is 0 Å². The van der Waals surface area contributed by atoms with E-state index in [1.54, 1.807) is 0 Å². The van der Waals surface area contributed by atoms with E-state index in [0.29, 0.717) is 36.2 Å². The number of rotatable bonds is 5. The fourth-order valence-corrected chi connectivity index (χ4v) is 3.06. The summed E-state index contributed by atoms with van der Waals surface area (Å²) < 4.78 is 5.86. The van der Waals surface area contributed by atoms with Crippen LogP contribution in [0.1, 0.15) is 63.4 Å². The monoisotopic (exact) mass is 279 g/mol. The molecule has 1 saturated carbocycles. The predicted octanol–water partition coefficient (Wildman–Crippen LogP) is 2.57. The Hall–Kier alpha value is -1.36. The minimum atomic E-state index is -0.138. The number of aromatic nitrogens is 2. The minimum Gasteiger partial charge on any atom is -0.383 e. The van der Waals surface area contributed by atoms with Crippen LogP contribution in [0.15, 0.2) is 4.79 Å². The van der Waals surface area contributed by atoms with Gasteiger partial charge in [0, 0.05) is 6.61 Å². The van der Waals surface area contributed by atoms with Gasteiger partial charge < -0.3 is 15.5 Å². The highest BCUT2D eigenvalue weighted by Gasteiger charge is 2.28. The summed E-state index contributed by atoms with van der Waals surface area (Å²) in [5, 5.41) is 0. The molecule has 1 unspecified atom stereocenters. The zero-order valence-electron chi connectivity index (χ0n) is 12.4. The van der Waals surface area contributed by atoms with Crippen molar-refractivity contribution in [3.05, 3.63) is 21.7 Å². The molecular formula is C15H25N3O2. The number of nitrogens with two attached hydrogens (primary N) is 1. The molecular weight excluding hydrogens is 254 g/mol. The predicted molar refractivity (Wildman–Crippen MR) is 79.6 cm³/mol. The van der Waals surface area contributed by atoms with Gasteiger partial charge in [0.1, 0.15) is 17.7 Å². The SMILES string of the molecule is CCOC(c1nc(N)c(CC)c(=O)[nH]1)C1CCCCC1. The summed E-state index contributed by atoms with van der Waals surface area (Å²) in [5.74, 6) is 1.36. The molecule has 112 valence electrons. The molecule has 20 heavy (non-hydrogen) atoms. The highest BCUT2D eigenvalue weighted by atomic mass is 16.5. The number of hydrogen-bond donors (Lipinski definition) is 2. The third kappa shape index (κ3) is 3.20. The van der Waals surface area contributed by atoms with Crippen molar-refractivity contribution in [3.63, 3.8) is 0 Å². The van der Waals surface area contributed by atoms with Crippen molar-refractivity contribution >= 4 is 5.82 Å². The minimum absolute atomic E-state index is 0.129. The van der Waals surface area contributed by atoms with Crippen LogP contribution in [0.3, 0.4) is 0 Å². The van der Waals surface area contributed by atoms with Gasteiger partial charge >= 0.3 is 0 Å². The van der Waals surface area contributed by atoms with Gasteiger partial charge in [-0.05, 0) is 32.1 Å². The maximum absolute atomic E-state index is 12.1. The second kappa shape index (κ2) is 6.88. The quantitative estimate of drug-likeness (QED) is 0.868. The zero-order chi connectivity index (χ0) is 14.5. The second-order valence-electron chi connectivity index (χ2n) is 5.44. The van der Waals surface area contributed by atoms with E-state index in [2.05, 4.69) is 9.97 Å². The lowest BCUT2D eigenvalue weighted by Gasteiger charge is -2.29. The molecule has 0 amide bonds. The van der Waals surface area contributed by atoms with Crippen LogP contribution in [0.5, 0.6) is 0 Å². The van der Waals surface area contributed by atoms with Crippen molar-refractivity contribution in [1.29, 1.82) is 0 Å². The van der Waals surface area contributed by atoms with Crippen molar-refractivity contribution in [1.82, 2.24) is 9.97 Å². The first-order valence-corrected chi connectivity index (χ1v) is 7.67. The molecule has 0 spiro atoms. The number of hydrogen-bond acceptors (Lipinski definition) is 4. The van der Waals surface area contributed by atoms with Gasteiger partial charge in [-0.25, -0.2) is 4.98 Å². The van der Waals surface area contributed by atoms with E-state index in [4.69, 9.17) is 10.5 Å². The largest absolute Gasteiger partial charge is 0.383 e. The van der Waals surface area contributed by atoms with Crippen molar-refractivity contribution in [2.75, 3.05) is 12.3 Å². The van der Waals surface area contributed by atoms with Crippen LogP contribution in [0.25, 0.3) is 0 Å². The fraction of sp³-hybridized carbons (Fsp3) is 0.733. The van der Waals surface area contributed by atoms with Crippen molar-refractivity contribution in [3.8, 4) is 0 Å². The molecule has 3 N–H and O–H groups in total. The molecule has 1 fully saturated rings. The molecule has 5 nitrogen and oxygen atoms in total. The van der Waals surface area contributed by atoms with Crippen LogP contribution in [0.4, 0.5) is 5.82 Å². The van der Waals surface area contributed by atoms with E-state index in [-0.39, 0.29) is 11.7 Å². The van der Waals surface area contributed by atoms with Crippen molar-refractivity contribution < 1.29 is 4.74 Å². The molecule has 0 bridgehead atoms. The normalized spacial score (nSPS) is 18.1. The Morgan fingerprint density at radius 2 is 2.05 bits per heavy atom. The maximum Gasteiger partial charge on any atom is 0.256 e. The van der Waals surface area contributed by atoms with E-state index in [9.17, 15) is 4.79 Å². The average Bonchev–Trinajstić information content (AvgIpc) is 2.45. The summed E-state index contributed by atoms with van der Waals surface area (Å²) in [6, 6.07) is 0. The molecule has 1 aliphatic rings. The van der Waals surface area contributed by atoms with Crippen LogP contribution in [0, 0.1) is 5.92 Å². The lowest BCUT2D eigenvalue weighted by molar-refractivity contribution is -0.000265. The zero-order valence-corrected chi connectivity index (χ0v) is 12.4. The fourth-order valence-electron chi connectivity index (χ4n) is 3.06. The molecule has 1 aromatic rings. The lowest BCUT2D eigenvalue weighted by Crippen LogP contribution is -2.26. The smallest absolute Gasteiger partial charge is 0.256 e. The molecule has 5 heteroatoms. The standard InChI is InChI=1S/C15H25N3O2/c1-3-11-13(16)17-14(18-15(11)19)12(20-4-2)10-8-6-5-7-9-10/h10,12H,3-9H2,1-2H3,(H3,16,17,18,19). The van der Waals surface area contributed by atoms with E-state index < -0.39 is 0 Å². The lowest BCUT2D eigenvalue weighted by atomic mass is 9.85. The number of ether oxygens (including phenoxy) is 1. The molecule has 0 aromatic carbocycles. The Bertz CT molecular complexity index is 492. The average molecular weight is 279 g/mol. The van der Waals surface area contributed by atoms with Crippen molar-refractivity contribution in [2.24, 2.45) is 5.92 Å². The topological polar surface area (TPSA) is 81.0 Å². The van der Waals surface area contributed by atoms with Gasteiger partial charge in [0.15, 0.2) is 0 Å². The molecule has 1 aromatic heterocycles. The first kappa shape index (κ1) is 15.0. The van der Waals surface area contributed by atoms with Gasteiger partial charge in [0.2, 0.25) is 0 Å². The van der Waals surface area contributed by atoms with Gasteiger partial charge in [-0.1, -0.05) is 26.2 Å². The molecule has 1 aliphatic carbocycles. The van der Waals surface area contributed by atoms with Gasteiger partial charge in [-0.3, -0.25) is 4.79 Å². The van der Waals surface area contributed by atoms with E-state index in [1.807, 2.05) is 13.8 Å². The van der Waals surface area contributed by atoms with Gasteiger partial charge in [0.05, 0.1) is 5.56 Å². The highest BCUT2D eigenvalue weighted by Crippen LogP contribution is 2.35. The molecule has 0 saturated heterocycles. The van der Waals surface area contributed by atoms with E-state index in [1.165, 1.54) is 19.3 Å². The first-order chi connectivity index (χ1) is 9.67. The van der Waals surface area contributed by atoms with Crippen LogP contribution in [-0.2, 0) is 11.2 Å². The molecule has 0 radical (unpaired) electrons. The van der Waals surface area contributed by atoms with Crippen LogP contribution in [-0.4, -0.2) is 16.6 Å². The first-order valence-electron chi connectivity index (χ1n) is 7.67. The second-order valence-corrected chi connectivity index (χ2v) is 5.44.